The zero-order valence-corrected chi connectivity index (χ0v) is 12.8. The molecule has 0 unspecified atom stereocenters. The number of hydrogen-bond acceptors (Lipinski definition) is 4. The lowest BCUT2D eigenvalue weighted by Crippen LogP contribution is -2.00. The zero-order chi connectivity index (χ0) is 14.3. The summed E-state index contributed by atoms with van der Waals surface area (Å²) in [6.07, 6.45) is 11.8. The summed E-state index contributed by atoms with van der Waals surface area (Å²) in [5, 5.41) is 0.712. The Morgan fingerprint density at radius 1 is 1.25 bits per heavy atom. The van der Waals surface area contributed by atoms with E-state index in [-0.39, 0.29) is 5.41 Å². The van der Waals surface area contributed by atoms with Gasteiger partial charge in [-0.05, 0) is 15.9 Å². The monoisotopic (exact) mass is 331 g/mol. The van der Waals surface area contributed by atoms with Crippen LogP contribution in [-0.2, 0) is 0 Å². The third kappa shape index (κ3) is 2.18. The van der Waals surface area contributed by atoms with E-state index in [4.69, 9.17) is 10.2 Å². The molecule has 4 nitrogen and oxygen atoms in total. The van der Waals surface area contributed by atoms with Gasteiger partial charge in [0.1, 0.15) is 12.1 Å². The molecule has 0 atom stereocenters. The van der Waals surface area contributed by atoms with Crippen LogP contribution in [0.2, 0.25) is 0 Å². The maximum atomic E-state index is 5.88. The summed E-state index contributed by atoms with van der Waals surface area (Å²) < 4.78 is 6.60. The summed E-state index contributed by atoms with van der Waals surface area (Å²) in [5.74, 6) is 1.12. The quantitative estimate of drug-likeness (QED) is 0.854. The molecule has 3 rings (SSSR count). The number of hydrogen-bond donors (Lipinski definition) is 1. The molecule has 0 fully saturated rings. The summed E-state index contributed by atoms with van der Waals surface area (Å²) in [7, 11) is 0. The molecule has 1 aliphatic carbocycles. The predicted octanol–water partition coefficient (Wildman–Crippen LogP) is 4.10. The Morgan fingerprint density at radius 2 is 2.05 bits per heavy atom. The van der Waals surface area contributed by atoms with Gasteiger partial charge >= 0.3 is 0 Å². The van der Waals surface area contributed by atoms with Gasteiger partial charge in [0, 0.05) is 11.0 Å². The molecule has 0 saturated heterocycles. The molecule has 2 heterocycles. The van der Waals surface area contributed by atoms with Gasteiger partial charge in [0.15, 0.2) is 5.76 Å². The van der Waals surface area contributed by atoms with Crippen molar-refractivity contribution in [2.75, 3.05) is 5.73 Å². The van der Waals surface area contributed by atoms with Crippen LogP contribution >= 0.6 is 15.9 Å². The number of nitrogens with two attached hydrogens (primary N) is 1. The van der Waals surface area contributed by atoms with Crippen molar-refractivity contribution in [3.05, 3.63) is 46.9 Å². The van der Waals surface area contributed by atoms with Crippen molar-refractivity contribution >= 4 is 38.4 Å². The van der Waals surface area contributed by atoms with Gasteiger partial charge in [0.2, 0.25) is 5.71 Å². The van der Waals surface area contributed by atoms with Gasteiger partial charge in [-0.15, -0.1) is 0 Å². The van der Waals surface area contributed by atoms with E-state index in [1.807, 2.05) is 18.2 Å². The molecule has 0 bridgehead atoms. The number of aromatic nitrogens is 2. The van der Waals surface area contributed by atoms with Crippen LogP contribution < -0.4 is 5.73 Å². The average Bonchev–Trinajstić information content (AvgIpc) is 2.61. The SMILES string of the molecule is CC1(C)C=CC=C(c2oc3ncnc(N)c3c2Br)C=C1. The van der Waals surface area contributed by atoms with Crippen molar-refractivity contribution in [1.29, 1.82) is 0 Å². The lowest BCUT2D eigenvalue weighted by atomic mass is 9.93. The van der Waals surface area contributed by atoms with Crippen molar-refractivity contribution in [3.63, 3.8) is 0 Å². The van der Waals surface area contributed by atoms with E-state index in [0.717, 1.165) is 10.0 Å². The van der Waals surface area contributed by atoms with Gasteiger partial charge in [-0.2, -0.15) is 0 Å². The van der Waals surface area contributed by atoms with Crippen LogP contribution in [0.4, 0.5) is 5.82 Å². The molecule has 5 heteroatoms. The van der Waals surface area contributed by atoms with Gasteiger partial charge in [-0.3, -0.25) is 0 Å². The predicted molar refractivity (Wildman–Crippen MR) is 84.0 cm³/mol. The second kappa shape index (κ2) is 4.59. The van der Waals surface area contributed by atoms with E-state index in [0.29, 0.717) is 22.7 Å². The summed E-state index contributed by atoms with van der Waals surface area (Å²) >= 11 is 3.54. The number of nitrogen functional groups attached to an aromatic ring is 1. The molecule has 0 saturated carbocycles. The first kappa shape index (κ1) is 13.1. The Hall–Kier alpha value is -1.88. The van der Waals surface area contributed by atoms with E-state index in [1.165, 1.54) is 6.33 Å². The third-order valence-corrected chi connectivity index (χ3v) is 3.97. The average molecular weight is 332 g/mol. The van der Waals surface area contributed by atoms with Crippen molar-refractivity contribution in [3.8, 4) is 0 Å². The minimum absolute atomic E-state index is 0.0234. The molecule has 1 aliphatic rings. The molecule has 2 aromatic heterocycles. The van der Waals surface area contributed by atoms with Crippen LogP contribution in [0.25, 0.3) is 16.7 Å². The molecule has 2 aromatic rings. The molecule has 2 N–H and O–H groups in total. The van der Waals surface area contributed by atoms with Gasteiger partial charge in [0.25, 0.3) is 0 Å². The first-order valence-corrected chi connectivity index (χ1v) is 7.05. The zero-order valence-electron chi connectivity index (χ0n) is 11.2. The molecule has 0 aliphatic heterocycles. The Kier molecular flexibility index (Phi) is 3.01. The topological polar surface area (TPSA) is 64.9 Å². The second-order valence-corrected chi connectivity index (χ2v) is 6.11. The fourth-order valence-corrected chi connectivity index (χ4v) is 2.76. The van der Waals surface area contributed by atoms with Crippen LogP contribution in [0.3, 0.4) is 0 Å². The van der Waals surface area contributed by atoms with Gasteiger partial charge in [-0.25, -0.2) is 9.97 Å². The first-order chi connectivity index (χ1) is 9.48. The highest BCUT2D eigenvalue weighted by Gasteiger charge is 2.19. The van der Waals surface area contributed by atoms with Gasteiger partial charge in [0.05, 0.1) is 9.86 Å². The van der Waals surface area contributed by atoms with Crippen LogP contribution in [0.5, 0.6) is 0 Å². The lowest BCUT2D eigenvalue weighted by molar-refractivity contribution is 0.586. The van der Waals surface area contributed by atoms with E-state index < -0.39 is 0 Å². The van der Waals surface area contributed by atoms with Gasteiger partial charge < -0.3 is 10.2 Å². The Bertz CT molecular complexity index is 769. The Balaban J connectivity index is 2.17. The molecule has 0 spiro atoms. The number of furan rings is 1. The van der Waals surface area contributed by atoms with Crippen LogP contribution in [-0.4, -0.2) is 9.97 Å². The smallest absolute Gasteiger partial charge is 0.233 e. The normalized spacial score (nSPS) is 17.2. The summed E-state index contributed by atoms with van der Waals surface area (Å²) in [4.78, 5) is 8.11. The molecule has 20 heavy (non-hydrogen) atoms. The van der Waals surface area contributed by atoms with Crippen molar-refractivity contribution in [2.45, 2.75) is 13.8 Å². The van der Waals surface area contributed by atoms with Crippen LogP contribution in [0.15, 0.2) is 45.6 Å². The molecule has 0 amide bonds. The third-order valence-electron chi connectivity index (χ3n) is 3.22. The first-order valence-electron chi connectivity index (χ1n) is 6.25. The molecule has 102 valence electrons. The van der Waals surface area contributed by atoms with E-state index in [9.17, 15) is 0 Å². The number of anilines is 1. The number of allylic oxidation sites excluding steroid dienone is 6. The molecule has 0 radical (unpaired) electrons. The number of halogens is 1. The summed E-state index contributed by atoms with van der Waals surface area (Å²) in [6.45, 7) is 4.29. The van der Waals surface area contributed by atoms with Crippen LogP contribution in [0.1, 0.15) is 19.6 Å². The van der Waals surface area contributed by atoms with Crippen molar-refractivity contribution in [2.24, 2.45) is 5.41 Å². The highest BCUT2D eigenvalue weighted by Crippen LogP contribution is 2.38. The Labute approximate surface area is 125 Å². The van der Waals surface area contributed by atoms with Crippen LogP contribution in [0, 0.1) is 5.41 Å². The number of rotatable bonds is 1. The maximum Gasteiger partial charge on any atom is 0.233 e. The fourth-order valence-electron chi connectivity index (χ4n) is 2.07. The standard InChI is InChI=1S/C15H14BrN3O/c1-15(2)6-3-4-9(5-7-15)12-11(16)10-13(17)18-8-19-14(10)20-12/h3-8H,1-2H3,(H2,17,18,19). The largest absolute Gasteiger partial charge is 0.436 e. The maximum absolute atomic E-state index is 5.88. The highest BCUT2D eigenvalue weighted by molar-refractivity contribution is 9.10. The minimum Gasteiger partial charge on any atom is -0.436 e. The Morgan fingerprint density at radius 3 is 2.80 bits per heavy atom. The molecular weight excluding hydrogens is 318 g/mol. The second-order valence-electron chi connectivity index (χ2n) is 5.32. The fraction of sp³-hybridized carbons (Fsp3) is 0.200. The summed E-state index contributed by atoms with van der Waals surface area (Å²) in [6, 6.07) is 0. The summed E-state index contributed by atoms with van der Waals surface area (Å²) in [5.41, 5.74) is 7.36. The van der Waals surface area contributed by atoms with Crippen molar-refractivity contribution < 1.29 is 4.42 Å². The highest BCUT2D eigenvalue weighted by atomic mass is 79.9. The lowest BCUT2D eigenvalue weighted by Gasteiger charge is -2.12. The van der Waals surface area contributed by atoms with Crippen molar-refractivity contribution in [1.82, 2.24) is 9.97 Å². The number of nitrogens with zero attached hydrogens (tertiary/aromatic N) is 2. The minimum atomic E-state index is 0.0234. The number of fused-ring (bicyclic) bond motifs is 1. The van der Waals surface area contributed by atoms with E-state index >= 15 is 0 Å². The molecule has 0 aromatic carbocycles. The van der Waals surface area contributed by atoms with Gasteiger partial charge in [-0.1, -0.05) is 44.2 Å². The molecular formula is C15H14BrN3O. The van der Waals surface area contributed by atoms with E-state index in [2.05, 4.69) is 51.9 Å². The van der Waals surface area contributed by atoms with E-state index in [1.54, 1.807) is 0 Å².